The molecule has 1 aliphatic rings. The number of hydrogen-bond acceptors (Lipinski definition) is 4. The Morgan fingerprint density at radius 3 is 2.68 bits per heavy atom. The van der Waals surface area contributed by atoms with Crippen LogP contribution in [0.2, 0.25) is 0 Å². The van der Waals surface area contributed by atoms with E-state index in [1.165, 1.54) is 0 Å². The zero-order valence-electron chi connectivity index (χ0n) is 11.4. The summed E-state index contributed by atoms with van der Waals surface area (Å²) < 4.78 is 0. The van der Waals surface area contributed by atoms with Gasteiger partial charge in [0.2, 0.25) is 5.91 Å². The zero-order valence-corrected chi connectivity index (χ0v) is 11.4. The van der Waals surface area contributed by atoms with Gasteiger partial charge < -0.3 is 15.5 Å². The number of carbonyl (C=O) groups is 1. The molecule has 5 nitrogen and oxygen atoms in total. The van der Waals surface area contributed by atoms with Crippen molar-refractivity contribution in [2.45, 2.75) is 6.42 Å². The minimum Gasteiger partial charge on any atom is -0.370 e. The summed E-state index contributed by atoms with van der Waals surface area (Å²) >= 11 is 0. The first kappa shape index (κ1) is 13.5. The molecular weight excluding hydrogens is 240 g/mol. The number of anilines is 1. The molecule has 1 amide bonds. The van der Waals surface area contributed by atoms with Crippen LogP contribution in [0.1, 0.15) is 12.0 Å². The number of aliphatic imine (C=N–C) groups is 1. The third-order valence-corrected chi connectivity index (χ3v) is 2.80. The summed E-state index contributed by atoms with van der Waals surface area (Å²) in [5, 5.41) is 6.14. The third-order valence-electron chi connectivity index (χ3n) is 2.80. The van der Waals surface area contributed by atoms with Crippen LogP contribution in [0.4, 0.5) is 5.69 Å². The van der Waals surface area contributed by atoms with Gasteiger partial charge in [-0.3, -0.25) is 9.79 Å². The molecule has 0 bridgehead atoms. The molecule has 5 heteroatoms. The van der Waals surface area contributed by atoms with E-state index in [0.29, 0.717) is 6.54 Å². The van der Waals surface area contributed by atoms with Gasteiger partial charge in [-0.2, -0.15) is 0 Å². The van der Waals surface area contributed by atoms with Gasteiger partial charge in [-0.15, -0.1) is 0 Å². The zero-order chi connectivity index (χ0) is 13.7. The molecule has 0 spiro atoms. The van der Waals surface area contributed by atoms with E-state index in [4.69, 9.17) is 0 Å². The van der Waals surface area contributed by atoms with Gasteiger partial charge in [0, 0.05) is 24.3 Å². The van der Waals surface area contributed by atoms with Crippen molar-refractivity contribution in [2.24, 2.45) is 4.99 Å². The number of amides is 1. The van der Waals surface area contributed by atoms with Gasteiger partial charge in [0.1, 0.15) is 5.84 Å². The molecule has 0 unspecified atom stereocenters. The van der Waals surface area contributed by atoms with Gasteiger partial charge in [0.05, 0.1) is 6.54 Å². The van der Waals surface area contributed by atoms with Crippen LogP contribution in [0.5, 0.6) is 0 Å². The van der Waals surface area contributed by atoms with Crippen LogP contribution in [0, 0.1) is 0 Å². The number of benzene rings is 1. The number of nitrogens with zero attached hydrogens (tertiary/aromatic N) is 2. The highest BCUT2D eigenvalue weighted by molar-refractivity contribution is 6.00. The lowest BCUT2D eigenvalue weighted by molar-refractivity contribution is -0.116. The molecule has 2 rings (SSSR count). The minimum atomic E-state index is -0.00844. The fourth-order valence-corrected chi connectivity index (χ4v) is 1.93. The molecule has 0 atom stereocenters. The third kappa shape index (κ3) is 4.06. The number of amidine groups is 1. The Labute approximate surface area is 113 Å². The molecule has 1 aromatic carbocycles. The first-order chi connectivity index (χ1) is 9.15. The van der Waals surface area contributed by atoms with E-state index in [0.717, 1.165) is 36.6 Å². The van der Waals surface area contributed by atoms with Crippen molar-refractivity contribution < 1.29 is 4.79 Å². The highest BCUT2D eigenvalue weighted by Crippen LogP contribution is 2.11. The second-order valence-electron chi connectivity index (χ2n) is 4.87. The highest BCUT2D eigenvalue weighted by Gasteiger charge is 2.07. The van der Waals surface area contributed by atoms with Crippen LogP contribution in [0.25, 0.3) is 0 Å². The number of rotatable bonds is 4. The van der Waals surface area contributed by atoms with Crippen molar-refractivity contribution in [3.63, 3.8) is 0 Å². The van der Waals surface area contributed by atoms with Crippen LogP contribution in [-0.2, 0) is 4.79 Å². The first-order valence-electron chi connectivity index (χ1n) is 6.48. The van der Waals surface area contributed by atoms with Crippen molar-refractivity contribution in [3.8, 4) is 0 Å². The second kappa shape index (κ2) is 6.33. The summed E-state index contributed by atoms with van der Waals surface area (Å²) in [6.45, 7) is 2.24. The monoisotopic (exact) mass is 260 g/mol. The van der Waals surface area contributed by atoms with Crippen LogP contribution in [-0.4, -0.2) is 50.4 Å². The summed E-state index contributed by atoms with van der Waals surface area (Å²) in [4.78, 5) is 17.9. The molecule has 0 aliphatic carbocycles. The van der Waals surface area contributed by atoms with Crippen molar-refractivity contribution in [1.82, 2.24) is 10.2 Å². The summed E-state index contributed by atoms with van der Waals surface area (Å²) in [7, 11) is 3.74. The maximum atomic E-state index is 11.6. The SMILES string of the molecule is CN(C)CC(=O)Nc1ccc(C2=NCCCN2)cc1. The molecule has 1 aliphatic heterocycles. The van der Waals surface area contributed by atoms with E-state index in [9.17, 15) is 4.79 Å². The summed E-state index contributed by atoms with van der Waals surface area (Å²) in [6.07, 6.45) is 1.09. The molecule has 0 radical (unpaired) electrons. The fraction of sp³-hybridized carbons (Fsp3) is 0.429. The molecule has 0 saturated carbocycles. The van der Waals surface area contributed by atoms with Crippen LogP contribution < -0.4 is 10.6 Å². The van der Waals surface area contributed by atoms with Gasteiger partial charge in [0.25, 0.3) is 0 Å². The maximum Gasteiger partial charge on any atom is 0.238 e. The standard InChI is InChI=1S/C14H20N4O/c1-18(2)10-13(19)17-12-6-4-11(5-7-12)14-15-8-3-9-16-14/h4-7H,3,8-10H2,1-2H3,(H,15,16)(H,17,19). The van der Waals surface area contributed by atoms with Crippen molar-refractivity contribution in [2.75, 3.05) is 39.0 Å². The lowest BCUT2D eigenvalue weighted by Crippen LogP contribution is -2.30. The summed E-state index contributed by atoms with van der Waals surface area (Å²) in [6, 6.07) is 7.76. The van der Waals surface area contributed by atoms with Crippen LogP contribution >= 0.6 is 0 Å². The predicted molar refractivity (Wildman–Crippen MR) is 77.6 cm³/mol. The van der Waals surface area contributed by atoms with E-state index in [-0.39, 0.29) is 5.91 Å². The van der Waals surface area contributed by atoms with Crippen LogP contribution in [0.15, 0.2) is 29.3 Å². The molecule has 0 aromatic heterocycles. The number of hydrogen-bond donors (Lipinski definition) is 2. The molecule has 2 N–H and O–H groups in total. The molecule has 1 aromatic rings. The first-order valence-corrected chi connectivity index (χ1v) is 6.48. The Bertz CT molecular complexity index is 465. The van der Waals surface area contributed by atoms with E-state index < -0.39 is 0 Å². The Morgan fingerprint density at radius 2 is 2.11 bits per heavy atom. The maximum absolute atomic E-state index is 11.6. The number of nitrogens with one attached hydrogen (secondary N) is 2. The lowest BCUT2D eigenvalue weighted by atomic mass is 10.1. The molecule has 19 heavy (non-hydrogen) atoms. The number of carbonyl (C=O) groups excluding carboxylic acids is 1. The van der Waals surface area contributed by atoms with Crippen molar-refractivity contribution >= 4 is 17.4 Å². The largest absolute Gasteiger partial charge is 0.370 e. The summed E-state index contributed by atoms with van der Waals surface area (Å²) in [5.41, 5.74) is 1.87. The normalized spacial score (nSPS) is 14.8. The Kier molecular flexibility index (Phi) is 4.52. The van der Waals surface area contributed by atoms with Gasteiger partial charge in [-0.05, 0) is 44.8 Å². The van der Waals surface area contributed by atoms with E-state index in [1.807, 2.05) is 43.3 Å². The molecule has 102 valence electrons. The average molecular weight is 260 g/mol. The Balaban J connectivity index is 1.98. The van der Waals surface area contributed by atoms with Crippen molar-refractivity contribution in [3.05, 3.63) is 29.8 Å². The highest BCUT2D eigenvalue weighted by atomic mass is 16.2. The van der Waals surface area contributed by atoms with E-state index in [1.54, 1.807) is 0 Å². The smallest absolute Gasteiger partial charge is 0.238 e. The van der Waals surface area contributed by atoms with Gasteiger partial charge in [-0.1, -0.05) is 0 Å². The molecule has 0 saturated heterocycles. The molecule has 1 heterocycles. The van der Waals surface area contributed by atoms with Gasteiger partial charge in [0.15, 0.2) is 0 Å². The summed E-state index contributed by atoms with van der Waals surface area (Å²) in [5.74, 6) is 0.934. The minimum absolute atomic E-state index is 0.00844. The average Bonchev–Trinajstić information content (AvgIpc) is 2.39. The Morgan fingerprint density at radius 1 is 1.37 bits per heavy atom. The lowest BCUT2D eigenvalue weighted by Gasteiger charge is -2.15. The molecular formula is C14H20N4O. The van der Waals surface area contributed by atoms with E-state index >= 15 is 0 Å². The Hall–Kier alpha value is -1.88. The topological polar surface area (TPSA) is 56.7 Å². The fourth-order valence-electron chi connectivity index (χ4n) is 1.93. The van der Waals surface area contributed by atoms with Crippen molar-refractivity contribution in [1.29, 1.82) is 0 Å². The second-order valence-corrected chi connectivity index (χ2v) is 4.87. The van der Waals surface area contributed by atoms with Crippen LogP contribution in [0.3, 0.4) is 0 Å². The number of likely N-dealkylation sites (N-methyl/N-ethyl adjacent to an activating group) is 1. The van der Waals surface area contributed by atoms with E-state index in [2.05, 4.69) is 15.6 Å². The molecule has 0 fully saturated rings. The van der Waals surface area contributed by atoms with Gasteiger partial charge >= 0.3 is 0 Å². The predicted octanol–water partition coefficient (Wildman–Crippen LogP) is 0.927. The quantitative estimate of drug-likeness (QED) is 0.846. The van der Waals surface area contributed by atoms with Gasteiger partial charge in [-0.25, -0.2) is 0 Å².